The molecule has 0 spiro atoms. The molecule has 2 heterocycles. The van der Waals surface area contributed by atoms with E-state index >= 15 is 0 Å². The van der Waals surface area contributed by atoms with Crippen LogP contribution in [0.25, 0.3) is 98.3 Å². The highest BCUT2D eigenvalue weighted by molar-refractivity contribution is 6.26. The highest BCUT2D eigenvalue weighted by Crippen LogP contribution is 2.47. The van der Waals surface area contributed by atoms with Gasteiger partial charge in [0.05, 0.1) is 11.6 Å². The van der Waals surface area contributed by atoms with Gasteiger partial charge in [-0.15, -0.1) is 0 Å². The molecule has 8 aromatic carbocycles. The van der Waals surface area contributed by atoms with E-state index in [1.807, 2.05) is 12.1 Å². The lowest BCUT2D eigenvalue weighted by Crippen LogP contribution is -1.92. The van der Waals surface area contributed by atoms with Crippen LogP contribution in [0.1, 0.15) is 0 Å². The first-order chi connectivity index (χ1) is 21.8. The molecule has 0 aliphatic heterocycles. The number of rotatable bonds is 2. The minimum Gasteiger partial charge on any atom is -0.464 e. The zero-order chi connectivity index (χ0) is 28.8. The fourth-order valence-corrected chi connectivity index (χ4v) is 7.42. The fraction of sp³-hybridized carbons (Fsp3) is 0. The van der Waals surface area contributed by atoms with Crippen molar-refractivity contribution in [1.82, 2.24) is 0 Å². The van der Waals surface area contributed by atoms with Gasteiger partial charge in [-0.05, 0) is 102 Å². The highest BCUT2D eigenvalue weighted by Gasteiger charge is 2.20. The second-order valence-corrected chi connectivity index (χ2v) is 11.6. The van der Waals surface area contributed by atoms with Crippen molar-refractivity contribution in [2.75, 3.05) is 0 Å². The van der Waals surface area contributed by atoms with Gasteiger partial charge in [0.2, 0.25) is 0 Å². The predicted molar refractivity (Wildman–Crippen MR) is 184 cm³/mol. The monoisotopic (exact) mass is 560 g/mol. The molecule has 0 fully saturated rings. The zero-order valence-electron chi connectivity index (χ0n) is 23.7. The van der Waals surface area contributed by atoms with Gasteiger partial charge in [-0.1, -0.05) is 103 Å². The average molecular weight is 561 g/mol. The van der Waals surface area contributed by atoms with Crippen molar-refractivity contribution in [3.8, 4) is 22.3 Å². The first kappa shape index (κ1) is 23.7. The first-order valence-corrected chi connectivity index (χ1v) is 15.0. The lowest BCUT2D eigenvalue weighted by molar-refractivity contribution is 0.615. The van der Waals surface area contributed by atoms with Gasteiger partial charge in [0.1, 0.15) is 16.7 Å². The Morgan fingerprint density at radius 2 is 0.977 bits per heavy atom. The molecule has 2 heteroatoms. The fourth-order valence-electron chi connectivity index (χ4n) is 7.42. The summed E-state index contributed by atoms with van der Waals surface area (Å²) in [5.41, 5.74) is 7.48. The van der Waals surface area contributed by atoms with Crippen molar-refractivity contribution in [3.05, 3.63) is 146 Å². The molecule has 0 saturated heterocycles. The second kappa shape index (κ2) is 8.82. The molecule has 10 aromatic rings. The van der Waals surface area contributed by atoms with Crippen LogP contribution in [-0.4, -0.2) is 0 Å². The van der Waals surface area contributed by atoms with E-state index in [4.69, 9.17) is 8.83 Å². The Bertz CT molecular complexity index is 2720. The number of hydrogen-bond donors (Lipinski definition) is 0. The predicted octanol–water partition coefficient (Wildman–Crippen LogP) is 12.3. The van der Waals surface area contributed by atoms with E-state index in [1.165, 1.54) is 59.8 Å². The number of benzene rings is 8. The first-order valence-electron chi connectivity index (χ1n) is 15.0. The molecule has 0 unspecified atom stereocenters. The van der Waals surface area contributed by atoms with Crippen molar-refractivity contribution < 1.29 is 8.83 Å². The summed E-state index contributed by atoms with van der Waals surface area (Å²) in [7, 11) is 0. The molecule has 44 heavy (non-hydrogen) atoms. The van der Waals surface area contributed by atoms with Crippen LogP contribution in [0.4, 0.5) is 0 Å². The van der Waals surface area contributed by atoms with Crippen LogP contribution in [0.15, 0.2) is 155 Å². The Labute approximate surface area is 252 Å². The SMILES string of the molecule is c1ccc2c(c1)cc(-c1c3ccccc3c(-c3ccc4c(c3)oc3c5ccoc5ccc43)c3ccccc13)c1ccccc12. The normalized spacial score (nSPS) is 12.1. The number of hydrogen-bond acceptors (Lipinski definition) is 2. The minimum atomic E-state index is 0.838. The van der Waals surface area contributed by atoms with Gasteiger partial charge >= 0.3 is 0 Å². The summed E-state index contributed by atoms with van der Waals surface area (Å²) < 4.78 is 12.2. The van der Waals surface area contributed by atoms with E-state index in [1.54, 1.807) is 6.26 Å². The minimum absolute atomic E-state index is 0.838. The lowest BCUT2D eigenvalue weighted by Gasteiger charge is -2.19. The summed E-state index contributed by atoms with van der Waals surface area (Å²) in [5.74, 6) is 0. The van der Waals surface area contributed by atoms with Gasteiger partial charge in [-0.25, -0.2) is 0 Å². The van der Waals surface area contributed by atoms with Crippen LogP contribution in [-0.2, 0) is 0 Å². The summed E-state index contributed by atoms with van der Waals surface area (Å²) >= 11 is 0. The van der Waals surface area contributed by atoms with Crippen molar-refractivity contribution in [2.24, 2.45) is 0 Å². The van der Waals surface area contributed by atoms with E-state index in [0.29, 0.717) is 0 Å². The van der Waals surface area contributed by atoms with E-state index in [9.17, 15) is 0 Å². The molecule has 0 radical (unpaired) electrons. The molecule has 0 atom stereocenters. The maximum atomic E-state index is 6.53. The Kier molecular flexibility index (Phi) is 4.75. The molecule has 204 valence electrons. The molecule has 2 aromatic heterocycles. The van der Waals surface area contributed by atoms with Gasteiger partial charge in [-0.3, -0.25) is 0 Å². The van der Waals surface area contributed by atoms with Crippen molar-refractivity contribution >= 4 is 76.0 Å². The third kappa shape index (κ3) is 3.20. The van der Waals surface area contributed by atoms with Gasteiger partial charge in [0.15, 0.2) is 0 Å². The largest absolute Gasteiger partial charge is 0.464 e. The maximum Gasteiger partial charge on any atom is 0.146 e. The van der Waals surface area contributed by atoms with Crippen LogP contribution in [0.3, 0.4) is 0 Å². The summed E-state index contributed by atoms with van der Waals surface area (Å²) in [4.78, 5) is 0. The van der Waals surface area contributed by atoms with Crippen molar-refractivity contribution in [2.45, 2.75) is 0 Å². The van der Waals surface area contributed by atoms with Crippen LogP contribution in [0.2, 0.25) is 0 Å². The summed E-state index contributed by atoms with van der Waals surface area (Å²) in [6.07, 6.45) is 1.72. The standard InChI is InChI=1S/C42H24O2/c1-2-10-27-25(9-1)23-37(29-12-4-3-11-28(27)29)41-33-15-7-5-13-31(33)40(32-14-6-8-16-34(32)41)26-17-18-30-35-19-20-38-36(21-22-43-38)42(35)44-39(30)24-26/h1-24H. The number of furan rings is 2. The van der Waals surface area contributed by atoms with Crippen LogP contribution >= 0.6 is 0 Å². The molecule has 0 saturated carbocycles. The van der Waals surface area contributed by atoms with Gasteiger partial charge < -0.3 is 8.83 Å². The third-order valence-corrected chi connectivity index (χ3v) is 9.33. The molecule has 10 rings (SSSR count). The molecule has 0 aliphatic carbocycles. The number of fused-ring (bicyclic) bond motifs is 10. The second-order valence-electron chi connectivity index (χ2n) is 11.6. The van der Waals surface area contributed by atoms with Gasteiger partial charge in [-0.2, -0.15) is 0 Å². The van der Waals surface area contributed by atoms with Crippen LogP contribution < -0.4 is 0 Å². The summed E-state index contributed by atoms with van der Waals surface area (Å²) in [6, 6.07) is 50.4. The average Bonchev–Trinajstić information content (AvgIpc) is 3.71. The third-order valence-electron chi connectivity index (χ3n) is 9.33. The van der Waals surface area contributed by atoms with Crippen molar-refractivity contribution in [1.29, 1.82) is 0 Å². The molecule has 0 aliphatic rings. The smallest absolute Gasteiger partial charge is 0.146 e. The summed E-state index contributed by atoms with van der Waals surface area (Å²) in [6.45, 7) is 0. The molecule has 0 bridgehead atoms. The molecule has 0 N–H and O–H groups in total. The Morgan fingerprint density at radius 1 is 0.364 bits per heavy atom. The van der Waals surface area contributed by atoms with Crippen LogP contribution in [0, 0.1) is 0 Å². The highest BCUT2D eigenvalue weighted by atomic mass is 16.3. The van der Waals surface area contributed by atoms with E-state index < -0.39 is 0 Å². The van der Waals surface area contributed by atoms with E-state index in [-0.39, 0.29) is 0 Å². The van der Waals surface area contributed by atoms with Gasteiger partial charge in [0, 0.05) is 10.8 Å². The molecule has 2 nitrogen and oxygen atoms in total. The molecule has 0 amide bonds. The quantitative estimate of drug-likeness (QED) is 0.155. The lowest BCUT2D eigenvalue weighted by atomic mass is 9.84. The maximum absolute atomic E-state index is 6.53. The van der Waals surface area contributed by atoms with Crippen LogP contribution in [0.5, 0.6) is 0 Å². The van der Waals surface area contributed by atoms with E-state index in [2.05, 4.69) is 127 Å². The topological polar surface area (TPSA) is 26.3 Å². The zero-order valence-corrected chi connectivity index (χ0v) is 23.7. The molecular formula is C42H24O2. The summed E-state index contributed by atoms with van der Waals surface area (Å²) in [5, 5.41) is 13.2. The Morgan fingerprint density at radius 3 is 1.73 bits per heavy atom. The Hall–Kier alpha value is -5.86. The molecular weight excluding hydrogens is 536 g/mol. The Balaban J connectivity index is 1.32. The van der Waals surface area contributed by atoms with Crippen molar-refractivity contribution in [3.63, 3.8) is 0 Å². The van der Waals surface area contributed by atoms with E-state index in [0.717, 1.165) is 38.5 Å². The van der Waals surface area contributed by atoms with Gasteiger partial charge in [0.25, 0.3) is 0 Å².